The Labute approximate surface area is 126 Å². The molecule has 4 heteroatoms. The zero-order valence-electron chi connectivity index (χ0n) is 12.8. The third-order valence-electron chi connectivity index (χ3n) is 4.59. The van der Waals surface area contributed by atoms with Crippen LogP contribution in [0.15, 0.2) is 30.3 Å². The molecule has 0 amide bonds. The molecule has 4 nitrogen and oxygen atoms in total. The molecule has 1 heterocycles. The maximum absolute atomic E-state index is 11.5. The number of carboxylic acid groups (broad SMARTS) is 1. The van der Waals surface area contributed by atoms with E-state index in [1.807, 2.05) is 35.2 Å². The van der Waals surface area contributed by atoms with Crippen LogP contribution in [-0.4, -0.2) is 40.2 Å². The Balaban J connectivity index is 2.11. The van der Waals surface area contributed by atoms with Gasteiger partial charge in [-0.3, -0.25) is 9.69 Å². The van der Waals surface area contributed by atoms with Crippen molar-refractivity contribution in [1.82, 2.24) is 4.90 Å². The molecule has 116 valence electrons. The maximum Gasteiger partial charge on any atom is 0.320 e. The summed E-state index contributed by atoms with van der Waals surface area (Å²) in [5.41, 5.74) is -0.208. The van der Waals surface area contributed by atoms with Gasteiger partial charge in [0, 0.05) is 6.54 Å². The fourth-order valence-corrected chi connectivity index (χ4v) is 3.19. The number of aliphatic carboxylic acids is 1. The summed E-state index contributed by atoms with van der Waals surface area (Å²) in [6.45, 7) is 4.95. The van der Waals surface area contributed by atoms with E-state index in [-0.39, 0.29) is 0 Å². The summed E-state index contributed by atoms with van der Waals surface area (Å²) in [7, 11) is 0. The number of rotatable bonds is 5. The normalized spacial score (nSPS) is 26.2. The van der Waals surface area contributed by atoms with Crippen LogP contribution in [0.5, 0.6) is 0 Å². The lowest BCUT2D eigenvalue weighted by Gasteiger charge is -2.40. The van der Waals surface area contributed by atoms with Gasteiger partial charge in [-0.1, -0.05) is 43.7 Å². The van der Waals surface area contributed by atoms with Crippen LogP contribution in [0.1, 0.15) is 38.7 Å². The summed E-state index contributed by atoms with van der Waals surface area (Å²) in [5, 5.41) is 20.2. The number of piperidine rings is 1. The van der Waals surface area contributed by atoms with Crippen LogP contribution in [0.25, 0.3) is 0 Å². The first-order valence-electron chi connectivity index (χ1n) is 7.69. The molecule has 21 heavy (non-hydrogen) atoms. The van der Waals surface area contributed by atoms with Gasteiger partial charge in [0.25, 0.3) is 0 Å². The molecule has 1 saturated heterocycles. The first-order chi connectivity index (χ1) is 9.94. The van der Waals surface area contributed by atoms with E-state index in [0.717, 1.165) is 24.9 Å². The molecule has 2 rings (SSSR count). The van der Waals surface area contributed by atoms with Gasteiger partial charge in [-0.25, -0.2) is 0 Å². The van der Waals surface area contributed by atoms with Gasteiger partial charge in [0.2, 0.25) is 0 Å². The van der Waals surface area contributed by atoms with E-state index in [2.05, 4.69) is 6.92 Å². The maximum atomic E-state index is 11.5. The van der Waals surface area contributed by atoms with Crippen molar-refractivity contribution in [1.29, 1.82) is 0 Å². The molecule has 0 saturated carbocycles. The molecule has 1 aliphatic heterocycles. The van der Waals surface area contributed by atoms with Gasteiger partial charge in [-0.2, -0.15) is 0 Å². The molecule has 0 radical (unpaired) electrons. The van der Waals surface area contributed by atoms with Crippen LogP contribution < -0.4 is 0 Å². The fraction of sp³-hybridized carbons (Fsp3) is 0.588. The molecule has 2 N–H and O–H groups in total. The standard InChI is InChI=1S/C17H25NO3/c1-3-13-9-10-18(15(11-13)16(19)20)12-17(2,21)14-7-5-4-6-8-14/h4-8,13,15,21H,3,9-12H2,1-2H3,(H,19,20). The van der Waals surface area contributed by atoms with Crippen LogP contribution in [0.2, 0.25) is 0 Å². The van der Waals surface area contributed by atoms with E-state index in [4.69, 9.17) is 0 Å². The molecule has 0 bridgehead atoms. The number of likely N-dealkylation sites (tertiary alicyclic amines) is 1. The molecule has 1 aromatic rings. The fourth-order valence-electron chi connectivity index (χ4n) is 3.19. The van der Waals surface area contributed by atoms with Crippen molar-refractivity contribution in [2.24, 2.45) is 5.92 Å². The first-order valence-corrected chi connectivity index (χ1v) is 7.69. The molecule has 3 atom stereocenters. The summed E-state index contributed by atoms with van der Waals surface area (Å²) in [6, 6.07) is 8.97. The number of carboxylic acids is 1. The summed E-state index contributed by atoms with van der Waals surface area (Å²) in [5.74, 6) is -0.305. The van der Waals surface area contributed by atoms with Gasteiger partial charge in [0.05, 0.1) is 5.60 Å². The average Bonchev–Trinajstić information content (AvgIpc) is 2.48. The zero-order chi connectivity index (χ0) is 15.5. The van der Waals surface area contributed by atoms with E-state index in [1.165, 1.54) is 0 Å². The SMILES string of the molecule is CCC1CCN(CC(C)(O)c2ccccc2)C(C(=O)O)C1. The number of carbonyl (C=O) groups is 1. The summed E-state index contributed by atoms with van der Waals surface area (Å²) in [4.78, 5) is 13.4. The lowest BCUT2D eigenvalue weighted by molar-refractivity contribution is -0.147. The Hall–Kier alpha value is -1.39. The molecule has 1 fully saturated rings. The van der Waals surface area contributed by atoms with Crippen molar-refractivity contribution in [2.75, 3.05) is 13.1 Å². The zero-order valence-corrected chi connectivity index (χ0v) is 12.8. The van der Waals surface area contributed by atoms with Crippen LogP contribution in [-0.2, 0) is 10.4 Å². The second-order valence-corrected chi connectivity index (χ2v) is 6.26. The van der Waals surface area contributed by atoms with Gasteiger partial charge in [-0.05, 0) is 37.8 Å². The highest BCUT2D eigenvalue weighted by atomic mass is 16.4. The van der Waals surface area contributed by atoms with E-state index < -0.39 is 17.6 Å². The first kappa shape index (κ1) is 16.0. The molecule has 3 unspecified atom stereocenters. The smallest absolute Gasteiger partial charge is 0.320 e. The van der Waals surface area contributed by atoms with Crippen LogP contribution in [0.3, 0.4) is 0 Å². The summed E-state index contributed by atoms with van der Waals surface area (Å²) < 4.78 is 0. The van der Waals surface area contributed by atoms with E-state index in [0.29, 0.717) is 18.9 Å². The molecule has 0 spiro atoms. The highest BCUT2D eigenvalue weighted by Crippen LogP contribution is 2.29. The van der Waals surface area contributed by atoms with Crippen molar-refractivity contribution < 1.29 is 15.0 Å². The predicted octanol–water partition coefficient (Wildman–Crippen LogP) is 2.47. The highest BCUT2D eigenvalue weighted by Gasteiger charge is 2.36. The van der Waals surface area contributed by atoms with Crippen molar-refractivity contribution in [3.63, 3.8) is 0 Å². The third-order valence-corrected chi connectivity index (χ3v) is 4.59. The average molecular weight is 291 g/mol. The van der Waals surface area contributed by atoms with Gasteiger partial charge in [-0.15, -0.1) is 0 Å². The Morgan fingerprint density at radius 2 is 2.05 bits per heavy atom. The topological polar surface area (TPSA) is 60.8 Å². The van der Waals surface area contributed by atoms with Crippen LogP contribution in [0, 0.1) is 5.92 Å². The van der Waals surface area contributed by atoms with Crippen LogP contribution >= 0.6 is 0 Å². The van der Waals surface area contributed by atoms with Crippen molar-refractivity contribution in [3.05, 3.63) is 35.9 Å². The van der Waals surface area contributed by atoms with Crippen LogP contribution in [0.4, 0.5) is 0 Å². The van der Waals surface area contributed by atoms with Gasteiger partial charge in [0.1, 0.15) is 6.04 Å². The molecule has 0 aromatic heterocycles. The predicted molar refractivity (Wildman–Crippen MR) is 82.0 cm³/mol. The third kappa shape index (κ3) is 3.83. The Kier molecular flexibility index (Phi) is 5.01. The van der Waals surface area contributed by atoms with Crippen molar-refractivity contribution in [3.8, 4) is 0 Å². The number of nitrogens with zero attached hydrogens (tertiary/aromatic N) is 1. The molecular weight excluding hydrogens is 266 g/mol. The lowest BCUT2D eigenvalue weighted by Crippen LogP contribution is -2.51. The van der Waals surface area contributed by atoms with Gasteiger partial charge >= 0.3 is 5.97 Å². The number of β-amino-alcohol motifs (C(OH)–C–C–N with tert-alkyl or cyclic N) is 1. The molecule has 1 aromatic carbocycles. The van der Waals surface area contributed by atoms with Gasteiger partial charge in [0.15, 0.2) is 0 Å². The number of aliphatic hydroxyl groups is 1. The monoisotopic (exact) mass is 291 g/mol. The quantitative estimate of drug-likeness (QED) is 0.875. The Morgan fingerprint density at radius 1 is 1.38 bits per heavy atom. The van der Waals surface area contributed by atoms with Crippen molar-refractivity contribution in [2.45, 2.75) is 44.8 Å². The van der Waals surface area contributed by atoms with Gasteiger partial charge < -0.3 is 10.2 Å². The molecular formula is C17H25NO3. The minimum absolute atomic E-state index is 0.352. The lowest BCUT2D eigenvalue weighted by atomic mass is 9.87. The summed E-state index contributed by atoms with van der Waals surface area (Å²) >= 11 is 0. The second kappa shape index (κ2) is 6.58. The second-order valence-electron chi connectivity index (χ2n) is 6.26. The minimum atomic E-state index is -1.03. The number of hydrogen-bond donors (Lipinski definition) is 2. The van der Waals surface area contributed by atoms with E-state index in [1.54, 1.807) is 6.92 Å². The minimum Gasteiger partial charge on any atom is -0.480 e. The van der Waals surface area contributed by atoms with E-state index >= 15 is 0 Å². The number of benzene rings is 1. The summed E-state index contributed by atoms with van der Waals surface area (Å²) in [6.07, 6.45) is 2.70. The largest absolute Gasteiger partial charge is 0.480 e. The molecule has 1 aliphatic rings. The Bertz CT molecular complexity index is 472. The highest BCUT2D eigenvalue weighted by molar-refractivity contribution is 5.73. The number of hydrogen-bond acceptors (Lipinski definition) is 3. The Morgan fingerprint density at radius 3 is 2.62 bits per heavy atom. The molecule has 0 aliphatic carbocycles. The van der Waals surface area contributed by atoms with Crippen molar-refractivity contribution >= 4 is 5.97 Å². The van der Waals surface area contributed by atoms with E-state index in [9.17, 15) is 15.0 Å².